The van der Waals surface area contributed by atoms with Crippen molar-refractivity contribution in [3.63, 3.8) is 0 Å². The summed E-state index contributed by atoms with van der Waals surface area (Å²) in [5.41, 5.74) is 4.86. The van der Waals surface area contributed by atoms with Crippen LogP contribution in [0.5, 0.6) is 0 Å². The smallest absolute Gasteiger partial charge is 0.247 e. The van der Waals surface area contributed by atoms with E-state index >= 15 is 0 Å². The SMILES string of the molecule is CC(C)C[C@@H](C(=O)NN)[C@H](CCCC1CCCCC1)C(=O)NOC1CCCCO1. The van der Waals surface area contributed by atoms with Crippen LogP contribution in [0.15, 0.2) is 0 Å². The molecule has 1 saturated carbocycles. The predicted molar refractivity (Wildman–Crippen MR) is 112 cm³/mol. The van der Waals surface area contributed by atoms with Crippen LogP contribution in [-0.2, 0) is 19.2 Å². The van der Waals surface area contributed by atoms with Crippen LogP contribution in [-0.4, -0.2) is 24.7 Å². The van der Waals surface area contributed by atoms with E-state index in [0.717, 1.165) is 38.0 Å². The van der Waals surface area contributed by atoms with Crippen molar-refractivity contribution in [1.82, 2.24) is 10.9 Å². The maximum absolute atomic E-state index is 13.0. The second-order valence-corrected chi connectivity index (χ2v) is 9.17. The number of nitrogens with one attached hydrogen (secondary N) is 2. The second-order valence-electron chi connectivity index (χ2n) is 9.17. The topological polar surface area (TPSA) is 103 Å². The van der Waals surface area contributed by atoms with Crippen LogP contribution >= 0.6 is 0 Å². The molecule has 0 radical (unpaired) electrons. The Hall–Kier alpha value is -1.18. The summed E-state index contributed by atoms with van der Waals surface area (Å²) < 4.78 is 5.53. The standard InChI is InChI=1S/C22H41N3O4/c1-16(2)15-19(21(26)24-23)18(12-8-11-17-9-4-3-5-10-17)22(27)25-29-20-13-6-7-14-28-20/h16-20H,3-15,23H2,1-2H3,(H,24,26)(H,25,27)/t18-,19+,20?/m0/s1. The van der Waals surface area contributed by atoms with E-state index in [1.54, 1.807) is 0 Å². The summed E-state index contributed by atoms with van der Waals surface area (Å²) in [5.74, 6) is 5.06. The molecule has 7 nitrogen and oxygen atoms in total. The van der Waals surface area contributed by atoms with Gasteiger partial charge in [0.05, 0.1) is 11.8 Å². The third-order valence-electron chi connectivity index (χ3n) is 6.31. The Morgan fingerprint density at radius 3 is 2.38 bits per heavy atom. The molecule has 0 aromatic rings. The molecule has 3 atom stereocenters. The number of hydrogen-bond acceptors (Lipinski definition) is 5. The maximum Gasteiger partial charge on any atom is 0.247 e. The minimum atomic E-state index is -0.456. The lowest BCUT2D eigenvalue weighted by Crippen LogP contribution is -2.46. The number of carbonyl (C=O) groups excluding carboxylic acids is 2. The molecule has 29 heavy (non-hydrogen) atoms. The number of rotatable bonds is 11. The number of hydrazine groups is 1. The molecule has 0 bridgehead atoms. The summed E-state index contributed by atoms with van der Waals surface area (Å²) in [6.07, 6.45) is 12.3. The molecule has 0 spiro atoms. The fourth-order valence-corrected chi connectivity index (χ4v) is 4.69. The molecule has 1 aliphatic heterocycles. The number of amides is 2. The first-order chi connectivity index (χ1) is 14.0. The Labute approximate surface area is 175 Å². The van der Waals surface area contributed by atoms with Gasteiger partial charge in [0.15, 0.2) is 6.29 Å². The van der Waals surface area contributed by atoms with Gasteiger partial charge in [-0.25, -0.2) is 16.2 Å². The van der Waals surface area contributed by atoms with Gasteiger partial charge < -0.3 is 4.74 Å². The van der Waals surface area contributed by atoms with E-state index in [-0.39, 0.29) is 17.7 Å². The lowest BCUT2D eigenvalue weighted by Gasteiger charge is -2.28. The average Bonchev–Trinajstić information content (AvgIpc) is 2.74. The predicted octanol–water partition coefficient (Wildman–Crippen LogP) is 3.58. The zero-order valence-corrected chi connectivity index (χ0v) is 18.3. The molecule has 1 saturated heterocycles. The fourth-order valence-electron chi connectivity index (χ4n) is 4.69. The molecule has 4 N–H and O–H groups in total. The molecule has 168 valence electrons. The summed E-state index contributed by atoms with van der Waals surface area (Å²) in [6, 6.07) is 0. The monoisotopic (exact) mass is 411 g/mol. The van der Waals surface area contributed by atoms with Gasteiger partial charge in [0.1, 0.15) is 0 Å². The van der Waals surface area contributed by atoms with E-state index in [4.69, 9.17) is 15.4 Å². The zero-order chi connectivity index (χ0) is 21.1. The third-order valence-corrected chi connectivity index (χ3v) is 6.31. The molecule has 0 aromatic heterocycles. The molecule has 1 unspecified atom stereocenters. The number of nitrogens with two attached hydrogens (primary N) is 1. The first-order valence-corrected chi connectivity index (χ1v) is 11.6. The van der Waals surface area contributed by atoms with E-state index in [9.17, 15) is 9.59 Å². The maximum atomic E-state index is 13.0. The largest absolute Gasteiger partial charge is 0.350 e. The van der Waals surface area contributed by atoms with Crippen molar-refractivity contribution in [1.29, 1.82) is 0 Å². The Morgan fingerprint density at radius 1 is 1.03 bits per heavy atom. The van der Waals surface area contributed by atoms with Crippen molar-refractivity contribution in [2.75, 3.05) is 6.61 Å². The quantitative estimate of drug-likeness (QED) is 0.274. The highest BCUT2D eigenvalue weighted by Gasteiger charge is 2.34. The molecule has 1 aliphatic carbocycles. The first kappa shape index (κ1) is 24.1. The summed E-state index contributed by atoms with van der Waals surface area (Å²) in [5, 5.41) is 0. The van der Waals surface area contributed by atoms with E-state index in [2.05, 4.69) is 24.8 Å². The van der Waals surface area contributed by atoms with Crippen molar-refractivity contribution in [3.8, 4) is 0 Å². The van der Waals surface area contributed by atoms with Gasteiger partial charge in [-0.3, -0.25) is 15.0 Å². The van der Waals surface area contributed by atoms with Crippen LogP contribution in [0.2, 0.25) is 0 Å². The van der Waals surface area contributed by atoms with Gasteiger partial charge in [-0.2, -0.15) is 0 Å². The van der Waals surface area contributed by atoms with Crippen LogP contribution in [0.25, 0.3) is 0 Å². The van der Waals surface area contributed by atoms with Gasteiger partial charge in [0, 0.05) is 13.0 Å². The Morgan fingerprint density at radius 2 is 1.76 bits per heavy atom. The average molecular weight is 412 g/mol. The Bertz CT molecular complexity index is 488. The van der Waals surface area contributed by atoms with Crippen LogP contribution < -0.4 is 16.7 Å². The summed E-state index contributed by atoms with van der Waals surface area (Å²) in [4.78, 5) is 31.0. The van der Waals surface area contributed by atoms with Gasteiger partial charge >= 0.3 is 0 Å². The number of ether oxygens (including phenoxy) is 1. The van der Waals surface area contributed by atoms with Gasteiger partial charge in [-0.15, -0.1) is 0 Å². The van der Waals surface area contributed by atoms with Crippen molar-refractivity contribution in [2.24, 2.45) is 29.5 Å². The normalized spacial score (nSPS) is 22.8. The van der Waals surface area contributed by atoms with Gasteiger partial charge in [-0.1, -0.05) is 58.8 Å². The van der Waals surface area contributed by atoms with Gasteiger partial charge in [0.25, 0.3) is 0 Å². The highest BCUT2D eigenvalue weighted by atomic mass is 16.8. The number of carbonyl (C=O) groups is 2. The van der Waals surface area contributed by atoms with Crippen molar-refractivity contribution in [3.05, 3.63) is 0 Å². The number of hydroxylamine groups is 1. The van der Waals surface area contributed by atoms with Crippen LogP contribution in [0, 0.1) is 23.7 Å². The number of hydrogen-bond donors (Lipinski definition) is 3. The van der Waals surface area contributed by atoms with Crippen LogP contribution in [0.4, 0.5) is 0 Å². The van der Waals surface area contributed by atoms with Crippen LogP contribution in [0.3, 0.4) is 0 Å². The minimum Gasteiger partial charge on any atom is -0.350 e. The molecule has 2 amide bonds. The zero-order valence-electron chi connectivity index (χ0n) is 18.3. The van der Waals surface area contributed by atoms with Crippen molar-refractivity contribution in [2.45, 2.75) is 97.2 Å². The van der Waals surface area contributed by atoms with Gasteiger partial charge in [-0.05, 0) is 37.5 Å². The van der Waals surface area contributed by atoms with E-state index in [0.29, 0.717) is 19.4 Å². The van der Waals surface area contributed by atoms with Crippen molar-refractivity contribution >= 4 is 11.8 Å². The van der Waals surface area contributed by atoms with Crippen molar-refractivity contribution < 1.29 is 19.2 Å². The van der Waals surface area contributed by atoms with E-state index < -0.39 is 18.1 Å². The lowest BCUT2D eigenvalue weighted by molar-refractivity contribution is -0.203. The van der Waals surface area contributed by atoms with E-state index in [1.165, 1.54) is 32.1 Å². The molecule has 1 heterocycles. The Balaban J connectivity index is 1.96. The van der Waals surface area contributed by atoms with Gasteiger partial charge in [0.2, 0.25) is 11.8 Å². The summed E-state index contributed by atoms with van der Waals surface area (Å²) >= 11 is 0. The van der Waals surface area contributed by atoms with Crippen LogP contribution in [0.1, 0.15) is 90.9 Å². The first-order valence-electron chi connectivity index (χ1n) is 11.6. The molecular formula is C22H41N3O4. The Kier molecular flexibility index (Phi) is 11.0. The lowest BCUT2D eigenvalue weighted by atomic mass is 9.79. The molecular weight excluding hydrogens is 370 g/mol. The molecule has 0 aromatic carbocycles. The second kappa shape index (κ2) is 13.2. The fraction of sp³-hybridized carbons (Fsp3) is 0.909. The third kappa shape index (κ3) is 8.60. The highest BCUT2D eigenvalue weighted by molar-refractivity contribution is 5.87. The summed E-state index contributed by atoms with van der Waals surface area (Å²) in [7, 11) is 0. The van der Waals surface area contributed by atoms with E-state index in [1.807, 2.05) is 0 Å². The minimum absolute atomic E-state index is 0.239. The molecule has 2 fully saturated rings. The molecule has 7 heteroatoms. The summed E-state index contributed by atoms with van der Waals surface area (Å²) in [6.45, 7) is 4.76. The molecule has 2 rings (SSSR count). The highest BCUT2D eigenvalue weighted by Crippen LogP contribution is 2.31. The molecule has 2 aliphatic rings.